The molecule has 0 aliphatic rings. The number of amides is 1. The van der Waals surface area contributed by atoms with Crippen LogP contribution < -0.4 is 10.6 Å². The number of aliphatic hydroxyl groups excluding tert-OH is 1. The topological polar surface area (TPSA) is 64.6 Å². The van der Waals surface area contributed by atoms with Gasteiger partial charge in [0.05, 0.1) is 6.10 Å². The lowest BCUT2D eigenvalue weighted by molar-refractivity contribution is -0.114. The number of hydrogen-bond donors (Lipinski definition) is 3. The zero-order valence-electron chi connectivity index (χ0n) is 12.7. The van der Waals surface area contributed by atoms with Crippen LogP contribution in [0.5, 0.6) is 0 Å². The highest BCUT2D eigenvalue weighted by atomic mass is 16.3. The van der Waals surface area contributed by atoms with Crippen molar-refractivity contribution < 1.29 is 9.90 Å². The number of aliphatic hydroxyl groups is 1. The second-order valence-electron chi connectivity index (χ2n) is 5.35. The van der Waals surface area contributed by atoms with Crippen LogP contribution in [0, 0.1) is 0 Å². The van der Waals surface area contributed by atoms with Crippen molar-refractivity contribution in [3.05, 3.63) is 29.8 Å². The van der Waals surface area contributed by atoms with Gasteiger partial charge < -0.3 is 20.6 Å². The normalized spacial score (nSPS) is 14.1. The average molecular weight is 279 g/mol. The van der Waals surface area contributed by atoms with E-state index in [1.54, 1.807) is 0 Å². The maximum Gasteiger partial charge on any atom is 0.221 e. The highest BCUT2D eigenvalue weighted by Crippen LogP contribution is 2.17. The smallest absolute Gasteiger partial charge is 0.221 e. The highest BCUT2D eigenvalue weighted by molar-refractivity contribution is 5.88. The van der Waals surface area contributed by atoms with Gasteiger partial charge in [0.1, 0.15) is 0 Å². The Morgan fingerprint density at radius 2 is 2.10 bits per heavy atom. The molecule has 0 spiro atoms. The van der Waals surface area contributed by atoms with E-state index in [9.17, 15) is 9.90 Å². The number of nitrogens with zero attached hydrogens (tertiary/aromatic N) is 1. The molecule has 1 aromatic rings. The zero-order valence-corrected chi connectivity index (χ0v) is 12.7. The van der Waals surface area contributed by atoms with Gasteiger partial charge in [-0.2, -0.15) is 0 Å². The van der Waals surface area contributed by atoms with Crippen LogP contribution in [-0.4, -0.2) is 49.2 Å². The third-order valence-electron chi connectivity index (χ3n) is 2.94. The van der Waals surface area contributed by atoms with Gasteiger partial charge in [-0.05, 0) is 38.7 Å². The summed E-state index contributed by atoms with van der Waals surface area (Å²) in [4.78, 5) is 13.0. The number of likely N-dealkylation sites (N-methyl/N-ethyl adjacent to an activating group) is 1. The Labute approximate surface area is 121 Å². The van der Waals surface area contributed by atoms with Crippen molar-refractivity contribution in [2.45, 2.75) is 26.0 Å². The molecule has 2 unspecified atom stereocenters. The van der Waals surface area contributed by atoms with Gasteiger partial charge >= 0.3 is 0 Å². The molecule has 0 saturated heterocycles. The van der Waals surface area contributed by atoms with Crippen LogP contribution in [0.1, 0.15) is 25.5 Å². The van der Waals surface area contributed by atoms with Crippen LogP contribution in [-0.2, 0) is 4.79 Å². The van der Waals surface area contributed by atoms with E-state index in [1.165, 1.54) is 6.92 Å². The van der Waals surface area contributed by atoms with Crippen molar-refractivity contribution in [2.24, 2.45) is 0 Å². The molecule has 5 nitrogen and oxygen atoms in total. The SMILES string of the molecule is CC(=O)Nc1cccc(C(C)NCC(O)CN(C)C)c1. The lowest BCUT2D eigenvalue weighted by Crippen LogP contribution is -2.36. The zero-order chi connectivity index (χ0) is 15.1. The van der Waals surface area contributed by atoms with Crippen LogP contribution in [0.4, 0.5) is 5.69 Å². The van der Waals surface area contributed by atoms with E-state index < -0.39 is 6.10 Å². The van der Waals surface area contributed by atoms with Gasteiger partial charge in [-0.15, -0.1) is 0 Å². The van der Waals surface area contributed by atoms with Crippen molar-refractivity contribution in [1.29, 1.82) is 0 Å². The number of carbonyl (C=O) groups is 1. The standard InChI is InChI=1S/C15H25N3O2/c1-11(16-9-15(20)10-18(3)4)13-6-5-7-14(8-13)17-12(2)19/h5-8,11,15-16,20H,9-10H2,1-4H3,(H,17,19). The first-order valence-electron chi connectivity index (χ1n) is 6.82. The summed E-state index contributed by atoms with van der Waals surface area (Å²) < 4.78 is 0. The third-order valence-corrected chi connectivity index (χ3v) is 2.94. The number of hydrogen-bond acceptors (Lipinski definition) is 4. The summed E-state index contributed by atoms with van der Waals surface area (Å²) in [5, 5.41) is 15.9. The van der Waals surface area contributed by atoms with E-state index in [2.05, 4.69) is 10.6 Å². The molecule has 0 aliphatic carbocycles. The van der Waals surface area contributed by atoms with Crippen LogP contribution in [0.3, 0.4) is 0 Å². The predicted molar refractivity (Wildman–Crippen MR) is 81.7 cm³/mol. The van der Waals surface area contributed by atoms with Gasteiger partial charge in [-0.3, -0.25) is 4.79 Å². The summed E-state index contributed by atoms with van der Waals surface area (Å²) in [5.74, 6) is -0.0795. The molecule has 5 heteroatoms. The van der Waals surface area contributed by atoms with Gasteiger partial charge in [0.2, 0.25) is 5.91 Å². The second-order valence-corrected chi connectivity index (χ2v) is 5.35. The Bertz CT molecular complexity index is 435. The largest absolute Gasteiger partial charge is 0.390 e. The molecule has 20 heavy (non-hydrogen) atoms. The number of carbonyl (C=O) groups excluding carboxylic acids is 1. The third kappa shape index (κ3) is 6.14. The number of anilines is 1. The summed E-state index contributed by atoms with van der Waals surface area (Å²) >= 11 is 0. The molecule has 0 radical (unpaired) electrons. The maximum atomic E-state index is 11.0. The van der Waals surface area contributed by atoms with Crippen LogP contribution in [0.2, 0.25) is 0 Å². The lowest BCUT2D eigenvalue weighted by atomic mass is 10.1. The quantitative estimate of drug-likeness (QED) is 0.702. The van der Waals surface area contributed by atoms with Crippen molar-refractivity contribution in [3.63, 3.8) is 0 Å². The van der Waals surface area contributed by atoms with Crippen molar-refractivity contribution in [1.82, 2.24) is 10.2 Å². The van der Waals surface area contributed by atoms with E-state index in [1.807, 2.05) is 50.2 Å². The van der Waals surface area contributed by atoms with Gasteiger partial charge in [0.25, 0.3) is 0 Å². The summed E-state index contributed by atoms with van der Waals surface area (Å²) in [5.41, 5.74) is 1.87. The molecule has 1 amide bonds. The highest BCUT2D eigenvalue weighted by Gasteiger charge is 2.10. The van der Waals surface area contributed by atoms with Crippen LogP contribution in [0.15, 0.2) is 24.3 Å². The molecule has 0 aliphatic heterocycles. The molecule has 1 aromatic carbocycles. The summed E-state index contributed by atoms with van der Waals surface area (Å²) in [6.45, 7) is 4.69. The monoisotopic (exact) mass is 279 g/mol. The Balaban J connectivity index is 2.54. The fourth-order valence-electron chi connectivity index (χ4n) is 2.01. The van der Waals surface area contributed by atoms with E-state index in [0.717, 1.165) is 11.3 Å². The predicted octanol–water partition coefficient (Wildman–Crippen LogP) is 1.22. The molecule has 0 bridgehead atoms. The Kier molecular flexibility index (Phi) is 6.64. The minimum absolute atomic E-state index is 0.0795. The summed E-state index contributed by atoms with van der Waals surface area (Å²) in [6.07, 6.45) is -0.397. The van der Waals surface area contributed by atoms with Crippen molar-refractivity contribution in [2.75, 3.05) is 32.5 Å². The summed E-state index contributed by atoms with van der Waals surface area (Å²) in [6, 6.07) is 7.83. The number of rotatable bonds is 7. The second kappa shape index (κ2) is 7.99. The van der Waals surface area contributed by atoms with Crippen LogP contribution in [0.25, 0.3) is 0 Å². The summed E-state index contributed by atoms with van der Waals surface area (Å²) in [7, 11) is 3.87. The van der Waals surface area contributed by atoms with E-state index >= 15 is 0 Å². The molecule has 0 heterocycles. The number of benzene rings is 1. The first-order valence-corrected chi connectivity index (χ1v) is 6.82. The van der Waals surface area contributed by atoms with Gasteiger partial charge in [0, 0.05) is 31.7 Å². The molecule has 2 atom stereocenters. The van der Waals surface area contributed by atoms with Gasteiger partial charge in [-0.1, -0.05) is 12.1 Å². The van der Waals surface area contributed by atoms with Crippen molar-refractivity contribution >= 4 is 11.6 Å². The van der Waals surface area contributed by atoms with E-state index in [-0.39, 0.29) is 11.9 Å². The molecule has 112 valence electrons. The minimum atomic E-state index is -0.397. The number of nitrogens with one attached hydrogen (secondary N) is 2. The van der Waals surface area contributed by atoms with E-state index in [0.29, 0.717) is 13.1 Å². The Morgan fingerprint density at radius 3 is 2.70 bits per heavy atom. The molecule has 0 fully saturated rings. The molecule has 0 aromatic heterocycles. The average Bonchev–Trinajstić information content (AvgIpc) is 2.34. The lowest BCUT2D eigenvalue weighted by Gasteiger charge is -2.20. The molecular weight excluding hydrogens is 254 g/mol. The Hall–Kier alpha value is -1.43. The molecular formula is C15H25N3O2. The van der Waals surface area contributed by atoms with E-state index in [4.69, 9.17) is 0 Å². The molecule has 1 rings (SSSR count). The fraction of sp³-hybridized carbons (Fsp3) is 0.533. The molecule has 0 saturated carbocycles. The van der Waals surface area contributed by atoms with Crippen LogP contribution >= 0.6 is 0 Å². The minimum Gasteiger partial charge on any atom is -0.390 e. The maximum absolute atomic E-state index is 11.0. The first-order chi connectivity index (χ1) is 9.38. The Morgan fingerprint density at radius 1 is 1.40 bits per heavy atom. The first kappa shape index (κ1) is 16.6. The fourth-order valence-corrected chi connectivity index (χ4v) is 2.01. The molecule has 3 N–H and O–H groups in total. The van der Waals surface area contributed by atoms with Crippen molar-refractivity contribution in [3.8, 4) is 0 Å². The van der Waals surface area contributed by atoms with Gasteiger partial charge in [-0.25, -0.2) is 0 Å². The van der Waals surface area contributed by atoms with Gasteiger partial charge in [0.15, 0.2) is 0 Å².